The van der Waals surface area contributed by atoms with Crippen molar-refractivity contribution in [2.24, 2.45) is 34.0 Å². The van der Waals surface area contributed by atoms with E-state index in [1.807, 2.05) is 0 Å². The Kier molecular flexibility index (Phi) is 3.43. The van der Waals surface area contributed by atoms with E-state index >= 15 is 0 Å². The van der Waals surface area contributed by atoms with Crippen LogP contribution in [0.15, 0.2) is 12.2 Å². The molecule has 1 heterocycles. The van der Waals surface area contributed by atoms with E-state index in [2.05, 4.69) is 18.4 Å². The highest BCUT2D eigenvalue weighted by molar-refractivity contribution is 5.52. The van der Waals surface area contributed by atoms with Crippen LogP contribution in [0.1, 0.15) is 58.3 Å². The molecule has 1 aliphatic heterocycles. The fraction of sp³-hybridized carbons (Fsp3) is 0.864. The van der Waals surface area contributed by atoms with E-state index in [1.165, 1.54) is 51.4 Å². The lowest BCUT2D eigenvalue weighted by atomic mass is 9.35. The first kappa shape index (κ1) is 16.5. The number of carbonyl (C=O) groups is 1. The quantitative estimate of drug-likeness (QED) is 0.617. The molecule has 4 bridgehead atoms. The monoisotopic (exact) mass is 343 g/mol. The van der Waals surface area contributed by atoms with Gasteiger partial charge >= 0.3 is 0 Å². The highest BCUT2D eigenvalue weighted by Gasteiger charge is 2.69. The van der Waals surface area contributed by atoms with Gasteiger partial charge in [0.05, 0.1) is 12.6 Å². The molecule has 3 heteroatoms. The van der Waals surface area contributed by atoms with Crippen LogP contribution in [0, 0.1) is 34.0 Å². The van der Waals surface area contributed by atoms with Crippen molar-refractivity contribution in [3.05, 3.63) is 12.2 Å². The average Bonchev–Trinajstić information content (AvgIpc) is 2.58. The normalized spacial score (nSPS) is 54.7. The molecule has 7 atom stereocenters. The van der Waals surface area contributed by atoms with Crippen molar-refractivity contribution >= 4 is 6.29 Å². The Labute approximate surface area is 151 Å². The van der Waals surface area contributed by atoms with E-state index in [0.717, 1.165) is 30.9 Å². The summed E-state index contributed by atoms with van der Waals surface area (Å²) in [5.41, 5.74) is 1.91. The molecule has 25 heavy (non-hydrogen) atoms. The maximum Gasteiger partial charge on any atom is 0.133 e. The second kappa shape index (κ2) is 5.19. The van der Waals surface area contributed by atoms with Gasteiger partial charge in [0.1, 0.15) is 6.29 Å². The van der Waals surface area contributed by atoms with Crippen LogP contribution in [-0.4, -0.2) is 42.0 Å². The number of aliphatic hydroxyl groups is 1. The highest BCUT2D eigenvalue weighted by Crippen LogP contribution is 2.73. The van der Waals surface area contributed by atoms with Crippen molar-refractivity contribution in [1.82, 2.24) is 4.90 Å². The number of nitrogens with zero attached hydrogens (tertiary/aromatic N) is 1. The smallest absolute Gasteiger partial charge is 0.133 e. The summed E-state index contributed by atoms with van der Waals surface area (Å²) in [5.74, 6) is 1.95. The molecule has 0 radical (unpaired) electrons. The highest BCUT2D eigenvalue weighted by atomic mass is 16.3. The molecule has 5 aliphatic carbocycles. The molecule has 1 N–H and O–H groups in total. The zero-order valence-corrected chi connectivity index (χ0v) is 15.7. The lowest BCUT2D eigenvalue weighted by molar-refractivity contribution is -0.239. The van der Waals surface area contributed by atoms with Gasteiger partial charge in [0.25, 0.3) is 0 Å². The molecule has 0 amide bonds. The van der Waals surface area contributed by atoms with Crippen LogP contribution in [0.2, 0.25) is 0 Å². The third-order valence-electron chi connectivity index (χ3n) is 9.55. The van der Waals surface area contributed by atoms with Crippen molar-refractivity contribution in [3.63, 3.8) is 0 Å². The largest absolute Gasteiger partial charge is 0.388 e. The molecule has 1 saturated heterocycles. The molecule has 0 unspecified atom stereocenters. The van der Waals surface area contributed by atoms with E-state index in [-0.39, 0.29) is 11.5 Å². The lowest BCUT2D eigenvalue weighted by Gasteiger charge is -2.72. The number of piperidine rings is 1. The summed E-state index contributed by atoms with van der Waals surface area (Å²) >= 11 is 0. The lowest BCUT2D eigenvalue weighted by Crippen LogP contribution is -2.71. The molecule has 1 spiro atoms. The van der Waals surface area contributed by atoms with Crippen molar-refractivity contribution < 1.29 is 9.90 Å². The second-order valence-corrected chi connectivity index (χ2v) is 10.4. The fourth-order valence-electron chi connectivity index (χ4n) is 8.79. The van der Waals surface area contributed by atoms with E-state index in [1.54, 1.807) is 0 Å². The Bertz CT molecular complexity index is 617. The maximum absolute atomic E-state index is 11.3. The van der Waals surface area contributed by atoms with Crippen molar-refractivity contribution in [3.8, 4) is 0 Å². The van der Waals surface area contributed by atoms with Gasteiger partial charge < -0.3 is 9.90 Å². The summed E-state index contributed by atoms with van der Waals surface area (Å²) < 4.78 is 0. The summed E-state index contributed by atoms with van der Waals surface area (Å²) in [6.45, 7) is 9.56. The Balaban J connectivity index is 1.60. The van der Waals surface area contributed by atoms with Crippen LogP contribution in [0.25, 0.3) is 0 Å². The van der Waals surface area contributed by atoms with Gasteiger partial charge in [-0.1, -0.05) is 19.9 Å². The number of aliphatic hydroxyl groups excluding tert-OH is 1. The van der Waals surface area contributed by atoms with Crippen molar-refractivity contribution in [2.45, 2.75) is 64.4 Å². The minimum absolute atomic E-state index is 0.0881. The van der Waals surface area contributed by atoms with E-state index in [0.29, 0.717) is 29.2 Å². The first-order valence-electron chi connectivity index (χ1n) is 10.5. The van der Waals surface area contributed by atoms with Crippen LogP contribution in [0.5, 0.6) is 0 Å². The first-order valence-corrected chi connectivity index (χ1v) is 10.5. The predicted octanol–water partition coefficient (Wildman–Crippen LogP) is 3.42. The number of aldehydes is 1. The Morgan fingerprint density at radius 3 is 2.76 bits per heavy atom. The molecule has 6 fully saturated rings. The molecule has 6 aliphatic rings. The molecule has 0 aromatic carbocycles. The number of likely N-dealkylation sites (tertiary alicyclic amines) is 1. The minimum atomic E-state index is -0.282. The summed E-state index contributed by atoms with van der Waals surface area (Å²) in [6, 6.07) is 0. The second-order valence-electron chi connectivity index (χ2n) is 10.4. The standard InChI is InChI=1S/C22H33NO2/c1-15-16-4-8-21(19(15)25)9-5-17-20(2)6-3-7-22(17,18(21)12-16)14-23(13-20)10-11-24/h11,16-19,25H,1,3-10,12-14H2,2H3/t16-,17-,18-,19-,20-,21-,22+/m1/s1. The van der Waals surface area contributed by atoms with Gasteiger partial charge in [0.15, 0.2) is 0 Å². The van der Waals surface area contributed by atoms with Crippen molar-refractivity contribution in [1.29, 1.82) is 0 Å². The van der Waals surface area contributed by atoms with Gasteiger partial charge in [0, 0.05) is 18.5 Å². The zero-order valence-electron chi connectivity index (χ0n) is 15.7. The molecule has 138 valence electrons. The Morgan fingerprint density at radius 2 is 1.96 bits per heavy atom. The summed E-state index contributed by atoms with van der Waals surface area (Å²) in [7, 11) is 0. The summed E-state index contributed by atoms with van der Waals surface area (Å²) in [4.78, 5) is 13.7. The number of carbonyl (C=O) groups excluding carboxylic acids is 1. The van der Waals surface area contributed by atoms with Crippen molar-refractivity contribution in [2.75, 3.05) is 19.6 Å². The zero-order chi connectivity index (χ0) is 17.4. The summed E-state index contributed by atoms with van der Waals surface area (Å²) in [6.07, 6.45) is 10.9. The molecule has 5 saturated carbocycles. The molecule has 3 nitrogen and oxygen atoms in total. The molecular formula is C22H33NO2. The van der Waals surface area contributed by atoms with E-state index in [9.17, 15) is 9.90 Å². The first-order chi connectivity index (χ1) is 12.0. The topological polar surface area (TPSA) is 40.5 Å². The van der Waals surface area contributed by atoms with E-state index < -0.39 is 0 Å². The van der Waals surface area contributed by atoms with Crippen LogP contribution >= 0.6 is 0 Å². The van der Waals surface area contributed by atoms with E-state index in [4.69, 9.17) is 0 Å². The molecule has 0 aromatic heterocycles. The van der Waals surface area contributed by atoms with Crippen LogP contribution in [0.4, 0.5) is 0 Å². The Morgan fingerprint density at radius 1 is 1.16 bits per heavy atom. The Hall–Kier alpha value is -0.670. The third kappa shape index (κ3) is 1.92. The van der Waals surface area contributed by atoms with Gasteiger partial charge in [0.2, 0.25) is 0 Å². The molecule has 6 rings (SSSR count). The van der Waals surface area contributed by atoms with Gasteiger partial charge in [-0.25, -0.2) is 0 Å². The van der Waals surface area contributed by atoms with Crippen LogP contribution in [0.3, 0.4) is 0 Å². The van der Waals surface area contributed by atoms with Gasteiger partial charge in [-0.05, 0) is 79.1 Å². The van der Waals surface area contributed by atoms with Gasteiger partial charge in [-0.15, -0.1) is 0 Å². The van der Waals surface area contributed by atoms with Gasteiger partial charge in [-0.3, -0.25) is 4.90 Å². The molecular weight excluding hydrogens is 310 g/mol. The number of fused-ring (bicyclic) bond motifs is 2. The molecule has 0 aromatic rings. The minimum Gasteiger partial charge on any atom is -0.388 e. The number of hydrogen-bond acceptors (Lipinski definition) is 3. The van der Waals surface area contributed by atoms with Gasteiger partial charge in [-0.2, -0.15) is 0 Å². The number of rotatable bonds is 2. The van der Waals surface area contributed by atoms with Crippen LogP contribution < -0.4 is 0 Å². The number of hydrogen-bond donors (Lipinski definition) is 1. The SMILES string of the molecule is C=C1[C@@H]2CC[C@]3(CC[C@@H]4[C@]5(C)CCC[C@@]4(CN(CC=O)C5)[C@@H]3C2)[C@@H]1O. The average molecular weight is 344 g/mol. The third-order valence-corrected chi connectivity index (χ3v) is 9.55. The predicted molar refractivity (Wildman–Crippen MR) is 98.0 cm³/mol. The maximum atomic E-state index is 11.3. The fourth-order valence-corrected chi connectivity index (χ4v) is 8.79. The van der Waals surface area contributed by atoms with Crippen LogP contribution in [-0.2, 0) is 4.79 Å². The summed E-state index contributed by atoms with van der Waals surface area (Å²) in [5, 5.41) is 11.2.